The van der Waals surface area contributed by atoms with Crippen LogP contribution in [0.15, 0.2) is 40.0 Å². The summed E-state index contributed by atoms with van der Waals surface area (Å²) in [5.74, 6) is 3.27. The van der Waals surface area contributed by atoms with Crippen molar-refractivity contribution in [2.24, 2.45) is 10.9 Å². The molecule has 26 heavy (non-hydrogen) atoms. The van der Waals surface area contributed by atoms with Crippen molar-refractivity contribution in [3.8, 4) is 5.69 Å². The zero-order valence-electron chi connectivity index (χ0n) is 13.9. The minimum absolute atomic E-state index is 0.329. The fourth-order valence-electron chi connectivity index (χ4n) is 3.66. The topological polar surface area (TPSA) is 75.6 Å². The van der Waals surface area contributed by atoms with Crippen LogP contribution in [-0.4, -0.2) is 32.2 Å². The highest BCUT2D eigenvalue weighted by atomic mass is 19.1. The molecule has 0 spiro atoms. The molecule has 8 nitrogen and oxygen atoms in total. The van der Waals surface area contributed by atoms with E-state index in [1.807, 2.05) is 24.3 Å². The highest BCUT2D eigenvalue weighted by molar-refractivity contribution is 6.16. The Bertz CT molecular complexity index is 1070. The smallest absolute Gasteiger partial charge is 0.295 e. The van der Waals surface area contributed by atoms with E-state index in [9.17, 15) is 4.39 Å². The lowest BCUT2D eigenvalue weighted by Gasteiger charge is -2.33. The fraction of sp³-hybridized carbons (Fsp3) is 0.294. The number of amidine groups is 1. The summed E-state index contributed by atoms with van der Waals surface area (Å²) < 4.78 is 21.3. The molecule has 2 aliphatic heterocycles. The number of aliphatic imine (C=N–C) groups is 1. The van der Waals surface area contributed by atoms with Gasteiger partial charge in [-0.1, -0.05) is 19.1 Å². The van der Waals surface area contributed by atoms with E-state index in [0.717, 1.165) is 23.5 Å². The van der Waals surface area contributed by atoms with Gasteiger partial charge in [0.2, 0.25) is 5.89 Å². The normalized spacial score (nSPS) is 22.8. The molecular formula is C17H14FN7O. The van der Waals surface area contributed by atoms with Gasteiger partial charge in [0.05, 0.1) is 11.9 Å². The second kappa shape index (κ2) is 4.69. The van der Waals surface area contributed by atoms with Gasteiger partial charge in [-0.3, -0.25) is 4.57 Å². The maximum absolute atomic E-state index is 14.4. The van der Waals surface area contributed by atoms with Crippen molar-refractivity contribution in [3.05, 3.63) is 48.0 Å². The van der Waals surface area contributed by atoms with Gasteiger partial charge in [-0.25, -0.2) is 20.0 Å². The van der Waals surface area contributed by atoms with Crippen LogP contribution in [-0.2, 0) is 0 Å². The lowest BCUT2D eigenvalue weighted by molar-refractivity contribution is 0.375. The van der Waals surface area contributed by atoms with Gasteiger partial charge in [0, 0.05) is 11.5 Å². The number of hydrazine groups is 1. The third-order valence-electron chi connectivity index (χ3n) is 5.19. The number of nitrogens with zero attached hydrogens (tertiary/aromatic N) is 7. The summed E-state index contributed by atoms with van der Waals surface area (Å²) in [6.07, 6.45) is 1.99. The largest absolute Gasteiger partial charge is 0.337 e. The molecule has 0 bridgehead atoms. The van der Waals surface area contributed by atoms with Crippen LogP contribution in [0.2, 0.25) is 0 Å². The Kier molecular flexibility index (Phi) is 2.52. The van der Waals surface area contributed by atoms with Crippen LogP contribution in [0, 0.1) is 12.0 Å². The molecule has 3 aliphatic rings. The molecule has 0 amide bonds. The first-order valence-corrected chi connectivity index (χ1v) is 8.51. The van der Waals surface area contributed by atoms with E-state index in [4.69, 9.17) is 4.52 Å². The van der Waals surface area contributed by atoms with Crippen molar-refractivity contribution in [2.75, 3.05) is 16.7 Å². The quantitative estimate of drug-likeness (QED) is 0.706. The van der Waals surface area contributed by atoms with E-state index < -0.39 is 6.08 Å². The van der Waals surface area contributed by atoms with Crippen LogP contribution in [0.4, 0.5) is 16.2 Å². The van der Waals surface area contributed by atoms with Crippen molar-refractivity contribution in [1.82, 2.24) is 19.7 Å². The summed E-state index contributed by atoms with van der Waals surface area (Å²) >= 11 is 0. The Morgan fingerprint density at radius 3 is 2.96 bits per heavy atom. The Hall–Kier alpha value is -3.23. The molecule has 1 saturated carbocycles. The highest BCUT2D eigenvalue weighted by Gasteiger charge is 2.42. The van der Waals surface area contributed by atoms with Crippen LogP contribution in [0.3, 0.4) is 0 Å². The predicted molar refractivity (Wildman–Crippen MR) is 90.7 cm³/mol. The Balaban J connectivity index is 1.47. The molecule has 1 aromatic carbocycles. The van der Waals surface area contributed by atoms with Crippen LogP contribution in [0.5, 0.6) is 0 Å². The van der Waals surface area contributed by atoms with Crippen molar-refractivity contribution in [3.63, 3.8) is 0 Å². The number of rotatable bonds is 2. The minimum atomic E-state index is -0.570. The standard InChI is InChI=1S/C17H14FN7O/c1-9-6-11(9)15-21-17(22-26-15)23-8-20-14-10-4-2-3-5-12(10)24-13(25(14)23)7-19-16(24)18/h2-5,7,9,11H,6,8H2,1H3. The van der Waals surface area contributed by atoms with E-state index in [1.165, 1.54) is 10.8 Å². The van der Waals surface area contributed by atoms with Crippen LogP contribution in [0.25, 0.3) is 5.69 Å². The Labute approximate surface area is 147 Å². The molecule has 1 aliphatic carbocycles. The number of hydrogen-bond acceptors (Lipinski definition) is 7. The average molecular weight is 351 g/mol. The fourth-order valence-corrected chi connectivity index (χ4v) is 3.66. The molecule has 4 heterocycles. The van der Waals surface area contributed by atoms with Gasteiger partial charge < -0.3 is 4.52 Å². The molecule has 130 valence electrons. The Morgan fingerprint density at radius 2 is 2.12 bits per heavy atom. The van der Waals surface area contributed by atoms with E-state index >= 15 is 0 Å². The van der Waals surface area contributed by atoms with Gasteiger partial charge in [0.1, 0.15) is 6.67 Å². The number of hydrogen-bond donors (Lipinski definition) is 0. The van der Waals surface area contributed by atoms with Gasteiger partial charge in [-0.15, -0.1) is 0 Å². The second-order valence-corrected chi connectivity index (χ2v) is 6.82. The van der Waals surface area contributed by atoms with E-state index in [0.29, 0.717) is 36.2 Å². The van der Waals surface area contributed by atoms with E-state index in [-0.39, 0.29) is 0 Å². The number of aromatic nitrogens is 4. The van der Waals surface area contributed by atoms with Gasteiger partial charge >= 0.3 is 0 Å². The van der Waals surface area contributed by atoms with Crippen molar-refractivity contribution >= 4 is 17.6 Å². The number of para-hydroxylation sites is 1. The molecule has 0 N–H and O–H groups in total. The Morgan fingerprint density at radius 1 is 1.27 bits per heavy atom. The first kappa shape index (κ1) is 14.0. The second-order valence-electron chi connectivity index (χ2n) is 6.82. The zero-order valence-corrected chi connectivity index (χ0v) is 13.9. The minimum Gasteiger partial charge on any atom is -0.337 e. The van der Waals surface area contributed by atoms with E-state index in [2.05, 4.69) is 27.0 Å². The average Bonchev–Trinajstić information content (AvgIpc) is 3.05. The molecule has 1 fully saturated rings. The predicted octanol–water partition coefficient (Wildman–Crippen LogP) is 2.48. The number of halogens is 1. The lowest BCUT2D eigenvalue weighted by Crippen LogP contribution is -2.46. The third-order valence-corrected chi connectivity index (χ3v) is 5.19. The molecule has 2 unspecified atom stereocenters. The molecule has 6 rings (SSSR count). The van der Waals surface area contributed by atoms with Crippen LogP contribution in [0.1, 0.15) is 30.7 Å². The van der Waals surface area contributed by atoms with Crippen molar-refractivity contribution in [2.45, 2.75) is 19.3 Å². The molecule has 2 aromatic heterocycles. The summed E-state index contributed by atoms with van der Waals surface area (Å²) in [6, 6.07) is 7.55. The van der Waals surface area contributed by atoms with Gasteiger partial charge in [-0.05, 0) is 29.6 Å². The first-order chi connectivity index (χ1) is 12.7. The SMILES string of the molecule is CC1CC1c1nc(N2CN=C3c4ccccc4-n4c(cnc4F)N32)no1. The van der Waals surface area contributed by atoms with Gasteiger partial charge in [-0.2, -0.15) is 9.37 Å². The number of anilines is 2. The van der Waals surface area contributed by atoms with Gasteiger partial charge in [0.25, 0.3) is 12.0 Å². The first-order valence-electron chi connectivity index (χ1n) is 8.51. The molecule has 9 heteroatoms. The summed E-state index contributed by atoms with van der Waals surface area (Å²) in [7, 11) is 0. The lowest BCUT2D eigenvalue weighted by atomic mass is 10.1. The maximum atomic E-state index is 14.4. The van der Waals surface area contributed by atoms with Crippen molar-refractivity contribution in [1.29, 1.82) is 0 Å². The summed E-state index contributed by atoms with van der Waals surface area (Å²) in [5.41, 5.74) is 1.55. The summed E-state index contributed by atoms with van der Waals surface area (Å²) in [6.45, 7) is 2.49. The van der Waals surface area contributed by atoms with Crippen LogP contribution >= 0.6 is 0 Å². The number of imidazole rings is 1. The molecule has 3 aromatic rings. The molecule has 0 saturated heterocycles. The summed E-state index contributed by atoms with van der Waals surface area (Å²) in [5, 5.41) is 7.69. The molecule has 0 radical (unpaired) electrons. The van der Waals surface area contributed by atoms with E-state index in [1.54, 1.807) is 10.0 Å². The van der Waals surface area contributed by atoms with Crippen molar-refractivity contribution < 1.29 is 8.91 Å². The van der Waals surface area contributed by atoms with Crippen LogP contribution < -0.4 is 10.0 Å². The molecular weight excluding hydrogens is 337 g/mol. The third kappa shape index (κ3) is 1.72. The highest BCUT2D eigenvalue weighted by Crippen LogP contribution is 2.46. The van der Waals surface area contributed by atoms with Gasteiger partial charge in [0.15, 0.2) is 11.7 Å². The number of fused-ring (bicyclic) bond motifs is 6. The maximum Gasteiger partial charge on any atom is 0.295 e. The monoisotopic (exact) mass is 351 g/mol. The number of benzene rings is 1. The zero-order chi connectivity index (χ0) is 17.4. The summed E-state index contributed by atoms with van der Waals surface area (Å²) in [4.78, 5) is 13.0. The molecule has 2 atom stereocenters.